The van der Waals surface area contributed by atoms with Crippen LogP contribution in [0, 0.1) is 0 Å². The van der Waals surface area contributed by atoms with Crippen LogP contribution in [-0.2, 0) is 24.2 Å². The Morgan fingerprint density at radius 2 is 1.86 bits per heavy atom. The first-order valence-corrected chi connectivity index (χ1v) is 11.2. The summed E-state index contributed by atoms with van der Waals surface area (Å²) in [7, 11) is 0. The zero-order valence-corrected chi connectivity index (χ0v) is 17.0. The lowest BCUT2D eigenvalue weighted by Crippen LogP contribution is -2.29. The van der Waals surface area contributed by atoms with Gasteiger partial charge in [-0.15, -0.1) is 11.3 Å². The molecule has 0 saturated carbocycles. The van der Waals surface area contributed by atoms with Crippen molar-refractivity contribution in [2.24, 2.45) is 0 Å². The number of carbonyl (C=O) groups excluding carboxylic acids is 2. The van der Waals surface area contributed by atoms with Gasteiger partial charge in [-0.05, 0) is 62.4 Å². The quantitative estimate of drug-likeness (QED) is 0.711. The van der Waals surface area contributed by atoms with Crippen molar-refractivity contribution in [1.29, 1.82) is 0 Å². The van der Waals surface area contributed by atoms with E-state index in [1.807, 2.05) is 17.5 Å². The number of aromatic nitrogens is 1. The Balaban J connectivity index is 1.24. The highest BCUT2D eigenvalue weighted by Gasteiger charge is 2.16. The molecule has 6 heteroatoms. The number of amides is 1. The van der Waals surface area contributed by atoms with E-state index in [0.717, 1.165) is 43.7 Å². The fourth-order valence-electron chi connectivity index (χ4n) is 4.08. The first-order chi connectivity index (χ1) is 13.7. The largest absolute Gasteiger partial charge is 0.302 e. The molecule has 1 amide bonds. The van der Waals surface area contributed by atoms with Crippen LogP contribution in [0.3, 0.4) is 0 Å². The number of nitrogens with zero attached hydrogens (tertiary/aromatic N) is 2. The van der Waals surface area contributed by atoms with Crippen molar-refractivity contribution in [2.45, 2.75) is 57.9 Å². The molecule has 0 atom stereocenters. The molecule has 0 unspecified atom stereocenters. The number of hydrogen-bond donors (Lipinski definition) is 1. The molecule has 0 radical (unpaired) electrons. The van der Waals surface area contributed by atoms with Gasteiger partial charge in [-0.2, -0.15) is 0 Å². The Morgan fingerprint density at radius 1 is 1.04 bits per heavy atom. The lowest BCUT2D eigenvalue weighted by molar-refractivity contribution is -0.116. The van der Waals surface area contributed by atoms with Gasteiger partial charge in [-0.25, -0.2) is 4.98 Å². The number of fused-ring (bicyclic) bond motifs is 1. The number of nitrogens with one attached hydrogen (secondary N) is 1. The molecule has 5 nitrogen and oxygen atoms in total. The summed E-state index contributed by atoms with van der Waals surface area (Å²) in [5.74, 6) is -0.108. The molecule has 1 N–H and O–H groups in total. The molecule has 0 spiro atoms. The van der Waals surface area contributed by atoms with E-state index in [2.05, 4.69) is 21.3 Å². The Kier molecular flexibility index (Phi) is 6.17. The number of benzene rings is 1. The first-order valence-electron chi connectivity index (χ1n) is 10.3. The highest BCUT2D eigenvalue weighted by atomic mass is 32.1. The van der Waals surface area contributed by atoms with E-state index in [1.165, 1.54) is 48.1 Å². The van der Waals surface area contributed by atoms with Crippen molar-refractivity contribution >= 4 is 28.2 Å². The van der Waals surface area contributed by atoms with Crippen LogP contribution in [-0.4, -0.2) is 34.7 Å². The molecule has 1 fully saturated rings. The van der Waals surface area contributed by atoms with Gasteiger partial charge < -0.3 is 5.32 Å². The zero-order chi connectivity index (χ0) is 19.3. The molecule has 1 aromatic heterocycles. The number of piperidine rings is 1. The normalized spacial score (nSPS) is 16.7. The summed E-state index contributed by atoms with van der Waals surface area (Å²) >= 11 is 1.46. The van der Waals surface area contributed by atoms with Crippen LogP contribution in [0.2, 0.25) is 0 Å². The summed E-state index contributed by atoms with van der Waals surface area (Å²) in [6.45, 7) is 3.11. The lowest BCUT2D eigenvalue weighted by Gasteiger charge is -2.25. The summed E-state index contributed by atoms with van der Waals surface area (Å²) in [6.07, 6.45) is 7.59. The molecule has 1 aromatic carbocycles. The van der Waals surface area contributed by atoms with Gasteiger partial charge in [0, 0.05) is 30.3 Å². The Morgan fingerprint density at radius 3 is 2.71 bits per heavy atom. The van der Waals surface area contributed by atoms with Crippen LogP contribution >= 0.6 is 11.3 Å². The van der Waals surface area contributed by atoms with E-state index >= 15 is 0 Å². The zero-order valence-electron chi connectivity index (χ0n) is 16.2. The van der Waals surface area contributed by atoms with Gasteiger partial charge in [0.2, 0.25) is 5.91 Å². The van der Waals surface area contributed by atoms with Crippen LogP contribution in [0.5, 0.6) is 0 Å². The molecular weight excluding hydrogens is 370 g/mol. The number of ketones is 1. The fourth-order valence-corrected chi connectivity index (χ4v) is 4.80. The Labute approximate surface area is 170 Å². The van der Waals surface area contributed by atoms with Crippen molar-refractivity contribution in [1.82, 2.24) is 9.88 Å². The maximum atomic E-state index is 12.4. The number of hydrogen-bond acceptors (Lipinski definition) is 5. The SMILES string of the molecule is O=C(CCC(=O)c1ccc2c(c1)CCC2)Nc1nc(CN2CCCCC2)cs1. The number of anilines is 1. The van der Waals surface area contributed by atoms with Gasteiger partial charge in [-0.3, -0.25) is 14.5 Å². The number of likely N-dealkylation sites (tertiary alicyclic amines) is 1. The van der Waals surface area contributed by atoms with E-state index < -0.39 is 0 Å². The maximum absolute atomic E-state index is 12.4. The minimum absolute atomic E-state index is 0.0368. The predicted octanol–water partition coefficient (Wildman–Crippen LogP) is 4.22. The topological polar surface area (TPSA) is 62.3 Å². The van der Waals surface area contributed by atoms with Gasteiger partial charge in [0.15, 0.2) is 10.9 Å². The molecule has 0 bridgehead atoms. The Bertz CT molecular complexity index is 855. The molecule has 2 aliphatic rings. The third-order valence-electron chi connectivity index (χ3n) is 5.63. The van der Waals surface area contributed by atoms with Crippen molar-refractivity contribution in [3.05, 3.63) is 46.0 Å². The second-order valence-corrected chi connectivity index (χ2v) is 8.65. The van der Waals surface area contributed by atoms with Crippen LogP contribution in [0.15, 0.2) is 23.6 Å². The molecule has 1 aliphatic heterocycles. The molecule has 4 rings (SSSR count). The highest BCUT2D eigenvalue weighted by molar-refractivity contribution is 7.13. The molecule has 1 saturated heterocycles. The lowest BCUT2D eigenvalue weighted by atomic mass is 10.0. The van der Waals surface area contributed by atoms with Crippen LogP contribution in [0.25, 0.3) is 0 Å². The van der Waals surface area contributed by atoms with Crippen molar-refractivity contribution < 1.29 is 9.59 Å². The summed E-state index contributed by atoms with van der Waals surface area (Å²) < 4.78 is 0. The van der Waals surface area contributed by atoms with Gasteiger partial charge in [-0.1, -0.05) is 18.6 Å². The van der Waals surface area contributed by atoms with Gasteiger partial charge >= 0.3 is 0 Å². The number of Topliss-reactive ketones (excluding diaryl/α,β-unsaturated/α-hetero) is 1. The molecule has 1 aliphatic carbocycles. The average Bonchev–Trinajstić information content (AvgIpc) is 3.35. The third-order valence-corrected chi connectivity index (χ3v) is 6.44. The van der Waals surface area contributed by atoms with Crippen LogP contribution < -0.4 is 5.32 Å². The smallest absolute Gasteiger partial charge is 0.226 e. The van der Waals surface area contributed by atoms with Crippen molar-refractivity contribution in [3.63, 3.8) is 0 Å². The van der Waals surface area contributed by atoms with E-state index in [0.29, 0.717) is 5.13 Å². The van der Waals surface area contributed by atoms with Gasteiger partial charge in [0.25, 0.3) is 0 Å². The standard InChI is InChI=1S/C22H27N3O2S/c26-20(18-8-7-16-5-4-6-17(16)13-18)9-10-21(27)24-22-23-19(15-28-22)14-25-11-2-1-3-12-25/h7-8,13,15H,1-6,9-12,14H2,(H,23,24,27). The van der Waals surface area contributed by atoms with Gasteiger partial charge in [0.05, 0.1) is 5.69 Å². The summed E-state index contributed by atoms with van der Waals surface area (Å²) in [4.78, 5) is 31.6. The summed E-state index contributed by atoms with van der Waals surface area (Å²) in [5, 5.41) is 5.49. The molecule has 2 aromatic rings. The van der Waals surface area contributed by atoms with Gasteiger partial charge in [0.1, 0.15) is 0 Å². The first kappa shape index (κ1) is 19.3. The molecule has 2 heterocycles. The predicted molar refractivity (Wildman–Crippen MR) is 112 cm³/mol. The minimum atomic E-state index is -0.145. The maximum Gasteiger partial charge on any atom is 0.226 e. The average molecular weight is 398 g/mol. The summed E-state index contributed by atoms with van der Waals surface area (Å²) in [6, 6.07) is 5.98. The molecular formula is C22H27N3O2S. The number of rotatable bonds is 7. The third kappa shape index (κ3) is 4.86. The molecule has 28 heavy (non-hydrogen) atoms. The van der Waals surface area contributed by atoms with E-state index in [-0.39, 0.29) is 24.5 Å². The Hall–Kier alpha value is -2.05. The molecule has 148 valence electrons. The number of carbonyl (C=O) groups is 2. The summed E-state index contributed by atoms with van der Waals surface area (Å²) in [5.41, 5.74) is 4.39. The highest BCUT2D eigenvalue weighted by Crippen LogP contribution is 2.24. The second kappa shape index (κ2) is 8.97. The number of aryl methyl sites for hydroxylation is 2. The monoisotopic (exact) mass is 397 g/mol. The van der Waals surface area contributed by atoms with E-state index in [4.69, 9.17) is 0 Å². The number of thiazole rings is 1. The van der Waals surface area contributed by atoms with E-state index in [1.54, 1.807) is 0 Å². The van der Waals surface area contributed by atoms with Crippen molar-refractivity contribution in [3.8, 4) is 0 Å². The van der Waals surface area contributed by atoms with Crippen LogP contribution in [0.1, 0.15) is 65.7 Å². The van der Waals surface area contributed by atoms with Crippen molar-refractivity contribution in [2.75, 3.05) is 18.4 Å². The minimum Gasteiger partial charge on any atom is -0.302 e. The van der Waals surface area contributed by atoms with E-state index in [9.17, 15) is 9.59 Å². The second-order valence-electron chi connectivity index (χ2n) is 7.79. The van der Waals surface area contributed by atoms with Crippen LogP contribution in [0.4, 0.5) is 5.13 Å². The fraction of sp³-hybridized carbons (Fsp3) is 0.500.